The van der Waals surface area contributed by atoms with E-state index in [1.807, 2.05) is 13.8 Å². The molecule has 0 aliphatic heterocycles. The van der Waals surface area contributed by atoms with Crippen molar-refractivity contribution in [1.82, 2.24) is 10.2 Å². The SMILES string of the molecule is Cc1cc(F)c(Cl)c(-c2cn[nH]c2N)c1C. The maximum atomic E-state index is 13.5. The lowest BCUT2D eigenvalue weighted by molar-refractivity contribution is 0.627. The van der Waals surface area contributed by atoms with Crippen LogP contribution in [0.15, 0.2) is 12.3 Å². The zero-order valence-corrected chi connectivity index (χ0v) is 9.69. The Bertz CT molecular complexity index is 522. The monoisotopic (exact) mass is 239 g/mol. The molecule has 1 aromatic heterocycles. The molecule has 0 radical (unpaired) electrons. The van der Waals surface area contributed by atoms with E-state index in [1.165, 1.54) is 6.07 Å². The van der Waals surface area contributed by atoms with Crippen molar-refractivity contribution in [3.05, 3.63) is 34.2 Å². The molecule has 2 rings (SSSR count). The van der Waals surface area contributed by atoms with Gasteiger partial charge in [-0.3, -0.25) is 5.10 Å². The number of anilines is 1. The van der Waals surface area contributed by atoms with Crippen molar-refractivity contribution < 1.29 is 4.39 Å². The summed E-state index contributed by atoms with van der Waals surface area (Å²) in [5.41, 5.74) is 8.68. The molecular weight excluding hydrogens is 229 g/mol. The number of nitrogens with one attached hydrogen (secondary N) is 1. The van der Waals surface area contributed by atoms with Crippen LogP contribution < -0.4 is 5.73 Å². The van der Waals surface area contributed by atoms with E-state index in [1.54, 1.807) is 6.20 Å². The van der Waals surface area contributed by atoms with Gasteiger partial charge in [-0.25, -0.2) is 4.39 Å². The maximum absolute atomic E-state index is 13.5. The Morgan fingerprint density at radius 1 is 1.44 bits per heavy atom. The Morgan fingerprint density at radius 2 is 2.12 bits per heavy atom. The molecule has 16 heavy (non-hydrogen) atoms. The van der Waals surface area contributed by atoms with Gasteiger partial charge in [-0.1, -0.05) is 11.6 Å². The average molecular weight is 240 g/mol. The zero-order chi connectivity index (χ0) is 11.9. The van der Waals surface area contributed by atoms with Gasteiger partial charge in [0, 0.05) is 11.1 Å². The summed E-state index contributed by atoms with van der Waals surface area (Å²) in [6.45, 7) is 3.71. The van der Waals surface area contributed by atoms with Crippen LogP contribution in [0.1, 0.15) is 11.1 Å². The first-order valence-corrected chi connectivity index (χ1v) is 5.14. The van der Waals surface area contributed by atoms with Crippen LogP contribution in [0.2, 0.25) is 5.02 Å². The fraction of sp³-hybridized carbons (Fsp3) is 0.182. The molecule has 1 aromatic carbocycles. The van der Waals surface area contributed by atoms with Crippen LogP contribution in [-0.2, 0) is 0 Å². The molecule has 2 aromatic rings. The largest absolute Gasteiger partial charge is 0.384 e. The van der Waals surface area contributed by atoms with E-state index >= 15 is 0 Å². The van der Waals surface area contributed by atoms with Gasteiger partial charge in [0.25, 0.3) is 0 Å². The second-order valence-corrected chi connectivity index (χ2v) is 4.06. The van der Waals surface area contributed by atoms with Crippen molar-refractivity contribution in [3.8, 4) is 11.1 Å². The Hall–Kier alpha value is -1.55. The smallest absolute Gasteiger partial charge is 0.142 e. The summed E-state index contributed by atoms with van der Waals surface area (Å²) in [6, 6.07) is 1.41. The second kappa shape index (κ2) is 3.79. The molecule has 3 nitrogen and oxygen atoms in total. The number of nitrogen functional groups attached to an aromatic ring is 1. The van der Waals surface area contributed by atoms with Gasteiger partial charge < -0.3 is 5.73 Å². The first kappa shape index (κ1) is 11.0. The fourth-order valence-electron chi connectivity index (χ4n) is 1.66. The molecular formula is C11H11ClFN3. The second-order valence-electron chi connectivity index (χ2n) is 3.69. The van der Waals surface area contributed by atoms with Gasteiger partial charge in [0.05, 0.1) is 11.2 Å². The molecule has 0 amide bonds. The third kappa shape index (κ3) is 1.55. The molecule has 5 heteroatoms. The number of hydrogen-bond acceptors (Lipinski definition) is 2. The van der Waals surface area contributed by atoms with E-state index in [2.05, 4.69) is 10.2 Å². The Morgan fingerprint density at radius 3 is 2.69 bits per heavy atom. The summed E-state index contributed by atoms with van der Waals surface area (Å²) >= 11 is 5.96. The number of benzene rings is 1. The quantitative estimate of drug-likeness (QED) is 0.804. The van der Waals surface area contributed by atoms with Crippen molar-refractivity contribution in [1.29, 1.82) is 0 Å². The minimum atomic E-state index is -0.444. The summed E-state index contributed by atoms with van der Waals surface area (Å²) in [5, 5.41) is 6.50. The normalized spacial score (nSPS) is 10.8. The van der Waals surface area contributed by atoms with Crippen LogP contribution in [-0.4, -0.2) is 10.2 Å². The van der Waals surface area contributed by atoms with Crippen molar-refractivity contribution in [3.63, 3.8) is 0 Å². The number of halogens is 2. The maximum Gasteiger partial charge on any atom is 0.142 e. The molecule has 0 saturated heterocycles. The number of nitrogens with two attached hydrogens (primary N) is 1. The number of aromatic nitrogens is 2. The van der Waals surface area contributed by atoms with Crippen LogP contribution in [0.4, 0.5) is 10.2 Å². The highest BCUT2D eigenvalue weighted by atomic mass is 35.5. The lowest BCUT2D eigenvalue weighted by Gasteiger charge is -2.11. The summed E-state index contributed by atoms with van der Waals surface area (Å²) in [7, 11) is 0. The van der Waals surface area contributed by atoms with Crippen molar-refractivity contribution in [2.24, 2.45) is 0 Å². The molecule has 0 saturated carbocycles. The fourth-order valence-corrected chi connectivity index (χ4v) is 1.96. The third-order valence-corrected chi connectivity index (χ3v) is 3.05. The van der Waals surface area contributed by atoms with Crippen LogP contribution in [0.5, 0.6) is 0 Å². The van der Waals surface area contributed by atoms with Gasteiger partial charge in [-0.05, 0) is 31.0 Å². The first-order valence-electron chi connectivity index (χ1n) is 4.76. The summed E-state index contributed by atoms with van der Waals surface area (Å²) in [6.07, 6.45) is 1.54. The Balaban J connectivity index is 2.79. The third-order valence-electron chi connectivity index (χ3n) is 2.68. The van der Waals surface area contributed by atoms with E-state index in [4.69, 9.17) is 17.3 Å². The molecule has 0 atom stereocenters. The molecule has 0 spiro atoms. The van der Waals surface area contributed by atoms with E-state index in [9.17, 15) is 4.39 Å². The van der Waals surface area contributed by atoms with E-state index in [-0.39, 0.29) is 5.02 Å². The molecule has 0 aliphatic rings. The Kier molecular flexibility index (Phi) is 2.59. The summed E-state index contributed by atoms with van der Waals surface area (Å²) in [4.78, 5) is 0. The number of nitrogens with zero attached hydrogens (tertiary/aromatic N) is 1. The molecule has 0 bridgehead atoms. The zero-order valence-electron chi connectivity index (χ0n) is 8.94. The van der Waals surface area contributed by atoms with E-state index in [0.29, 0.717) is 16.9 Å². The van der Waals surface area contributed by atoms with Gasteiger partial charge in [-0.15, -0.1) is 0 Å². The number of aromatic amines is 1. The predicted octanol–water partition coefficient (Wildman–Crippen LogP) is 3.07. The Labute approximate surface area is 97.4 Å². The number of H-pyrrole nitrogens is 1. The number of aryl methyl sites for hydroxylation is 1. The summed E-state index contributed by atoms with van der Waals surface area (Å²) < 4.78 is 13.5. The highest BCUT2D eigenvalue weighted by Crippen LogP contribution is 2.36. The summed E-state index contributed by atoms with van der Waals surface area (Å²) in [5.74, 6) is -0.0598. The topological polar surface area (TPSA) is 54.7 Å². The molecule has 3 N–H and O–H groups in total. The van der Waals surface area contributed by atoms with Gasteiger partial charge in [0.15, 0.2) is 0 Å². The van der Waals surface area contributed by atoms with Crippen LogP contribution in [0, 0.1) is 19.7 Å². The van der Waals surface area contributed by atoms with Crippen molar-refractivity contribution >= 4 is 17.4 Å². The van der Waals surface area contributed by atoms with Crippen molar-refractivity contribution in [2.75, 3.05) is 5.73 Å². The molecule has 0 unspecified atom stereocenters. The predicted molar refractivity (Wildman–Crippen MR) is 62.9 cm³/mol. The van der Waals surface area contributed by atoms with Gasteiger partial charge >= 0.3 is 0 Å². The minimum Gasteiger partial charge on any atom is -0.384 e. The lowest BCUT2D eigenvalue weighted by Crippen LogP contribution is -1.95. The van der Waals surface area contributed by atoms with Crippen molar-refractivity contribution in [2.45, 2.75) is 13.8 Å². The van der Waals surface area contributed by atoms with E-state index in [0.717, 1.165) is 11.1 Å². The van der Waals surface area contributed by atoms with Gasteiger partial charge in [0.2, 0.25) is 0 Å². The molecule has 0 aliphatic carbocycles. The van der Waals surface area contributed by atoms with Gasteiger partial charge in [-0.2, -0.15) is 5.10 Å². The van der Waals surface area contributed by atoms with Gasteiger partial charge in [0.1, 0.15) is 11.6 Å². The highest BCUT2D eigenvalue weighted by Gasteiger charge is 2.16. The van der Waals surface area contributed by atoms with Crippen LogP contribution >= 0.6 is 11.6 Å². The van der Waals surface area contributed by atoms with Crippen LogP contribution in [0.25, 0.3) is 11.1 Å². The first-order chi connectivity index (χ1) is 7.52. The molecule has 0 fully saturated rings. The van der Waals surface area contributed by atoms with Crippen LogP contribution in [0.3, 0.4) is 0 Å². The number of rotatable bonds is 1. The lowest BCUT2D eigenvalue weighted by atomic mass is 9.98. The average Bonchev–Trinajstić information content (AvgIpc) is 2.63. The highest BCUT2D eigenvalue weighted by molar-refractivity contribution is 6.33. The molecule has 84 valence electrons. The minimum absolute atomic E-state index is 0.0798. The van der Waals surface area contributed by atoms with E-state index < -0.39 is 5.82 Å². The molecule has 1 heterocycles. The standard InChI is InChI=1S/C11H11ClFN3/c1-5-3-8(13)10(12)9(6(5)2)7-4-15-16-11(7)14/h3-4H,1-2H3,(H3,14,15,16). The number of hydrogen-bond donors (Lipinski definition) is 2.